The van der Waals surface area contributed by atoms with Gasteiger partial charge in [0.05, 0.1) is 0 Å². The molecule has 0 amide bonds. The highest BCUT2D eigenvalue weighted by Crippen LogP contribution is 2.20. The fraction of sp³-hybridized carbons (Fsp3) is 0.625. The van der Waals surface area contributed by atoms with Crippen LogP contribution < -0.4 is 5.73 Å². The monoisotopic (exact) mass is 248 g/mol. The smallest absolute Gasteiger partial charge is 0.0234 e. The van der Waals surface area contributed by atoms with Crippen LogP contribution in [0.25, 0.3) is 0 Å². The number of hydrogen-bond donors (Lipinski definition) is 1. The molecule has 0 atom stereocenters. The highest BCUT2D eigenvalue weighted by molar-refractivity contribution is 5.32. The minimum atomic E-state index is -0.141. The third-order valence-corrected chi connectivity index (χ3v) is 3.16. The molecule has 1 aromatic rings. The lowest BCUT2D eigenvalue weighted by Gasteiger charge is -2.27. The van der Waals surface area contributed by atoms with Gasteiger partial charge in [0.15, 0.2) is 0 Å². The maximum absolute atomic E-state index is 6.06. The van der Waals surface area contributed by atoms with E-state index in [1.54, 1.807) is 0 Å². The van der Waals surface area contributed by atoms with E-state index in [-0.39, 0.29) is 5.54 Å². The van der Waals surface area contributed by atoms with Crippen LogP contribution in [0.15, 0.2) is 18.2 Å². The number of nitrogens with zero attached hydrogens (tertiary/aromatic N) is 1. The second-order valence-electron chi connectivity index (χ2n) is 6.50. The van der Waals surface area contributed by atoms with E-state index in [2.05, 4.69) is 64.8 Å². The summed E-state index contributed by atoms with van der Waals surface area (Å²) in [4.78, 5) is 2.30. The van der Waals surface area contributed by atoms with Crippen molar-refractivity contribution in [2.24, 2.45) is 5.73 Å². The van der Waals surface area contributed by atoms with E-state index in [0.717, 1.165) is 13.1 Å². The van der Waals surface area contributed by atoms with Gasteiger partial charge in [0.25, 0.3) is 0 Å². The molecule has 1 aromatic carbocycles. The summed E-state index contributed by atoms with van der Waals surface area (Å²) in [5, 5.41) is 0. The Balaban J connectivity index is 2.80. The number of likely N-dealkylation sites (N-methyl/N-ethyl adjacent to an activating group) is 1. The van der Waals surface area contributed by atoms with Gasteiger partial charge in [-0.15, -0.1) is 0 Å². The molecule has 0 fully saturated rings. The van der Waals surface area contributed by atoms with Crippen LogP contribution in [0, 0.1) is 6.92 Å². The number of rotatable bonds is 5. The Morgan fingerprint density at radius 3 is 2.39 bits per heavy atom. The molecule has 2 heteroatoms. The topological polar surface area (TPSA) is 29.3 Å². The van der Waals surface area contributed by atoms with Crippen LogP contribution in [0.4, 0.5) is 0 Å². The minimum absolute atomic E-state index is 0.141. The molecule has 0 saturated heterocycles. The van der Waals surface area contributed by atoms with Crippen molar-refractivity contribution in [3.05, 3.63) is 34.9 Å². The van der Waals surface area contributed by atoms with Crippen LogP contribution in [0.3, 0.4) is 0 Å². The van der Waals surface area contributed by atoms with Crippen molar-refractivity contribution < 1.29 is 0 Å². The summed E-state index contributed by atoms with van der Waals surface area (Å²) in [6.45, 7) is 12.7. The predicted octanol–water partition coefficient (Wildman–Crippen LogP) is 3.29. The van der Waals surface area contributed by atoms with Gasteiger partial charge in [-0.25, -0.2) is 0 Å². The zero-order valence-corrected chi connectivity index (χ0v) is 12.7. The summed E-state index contributed by atoms with van der Waals surface area (Å²) in [5.41, 5.74) is 10.1. The maximum atomic E-state index is 6.06. The Bertz CT molecular complexity index is 389. The normalized spacial score (nSPS) is 12.5. The van der Waals surface area contributed by atoms with Crippen LogP contribution >= 0.6 is 0 Å². The van der Waals surface area contributed by atoms with Crippen LogP contribution in [0.5, 0.6) is 0 Å². The van der Waals surface area contributed by atoms with Crippen molar-refractivity contribution in [3.63, 3.8) is 0 Å². The van der Waals surface area contributed by atoms with Crippen molar-refractivity contribution in [3.8, 4) is 0 Å². The van der Waals surface area contributed by atoms with Gasteiger partial charge in [0, 0.05) is 18.6 Å². The van der Waals surface area contributed by atoms with Crippen LogP contribution in [0.2, 0.25) is 0 Å². The lowest BCUT2D eigenvalue weighted by Crippen LogP contribution is -2.43. The van der Waals surface area contributed by atoms with Gasteiger partial charge in [0.1, 0.15) is 0 Å². The first kappa shape index (κ1) is 15.2. The minimum Gasteiger partial charge on any atom is -0.324 e. The lowest BCUT2D eigenvalue weighted by atomic mass is 9.97. The fourth-order valence-electron chi connectivity index (χ4n) is 2.26. The van der Waals surface area contributed by atoms with Gasteiger partial charge >= 0.3 is 0 Å². The molecule has 2 N–H and O–H groups in total. The molecule has 0 aliphatic rings. The third-order valence-electron chi connectivity index (χ3n) is 3.16. The number of nitrogens with two attached hydrogens (primary N) is 1. The third kappa shape index (κ3) is 4.79. The van der Waals surface area contributed by atoms with Crippen molar-refractivity contribution in [1.82, 2.24) is 4.90 Å². The van der Waals surface area contributed by atoms with E-state index in [1.165, 1.54) is 16.7 Å². The molecule has 1 rings (SSSR count). The Morgan fingerprint density at radius 2 is 1.89 bits per heavy atom. The van der Waals surface area contributed by atoms with E-state index in [4.69, 9.17) is 5.73 Å². The SMILES string of the molecule is Cc1ccc(C(C)C)cc1CN(C)CC(C)(C)N. The van der Waals surface area contributed by atoms with Gasteiger partial charge < -0.3 is 10.6 Å². The van der Waals surface area contributed by atoms with Crippen molar-refractivity contribution in [2.75, 3.05) is 13.6 Å². The first-order chi connectivity index (χ1) is 8.19. The summed E-state index contributed by atoms with van der Waals surface area (Å²) >= 11 is 0. The van der Waals surface area contributed by atoms with Crippen LogP contribution in [-0.4, -0.2) is 24.0 Å². The first-order valence-corrected chi connectivity index (χ1v) is 6.76. The quantitative estimate of drug-likeness (QED) is 0.866. The van der Waals surface area contributed by atoms with Gasteiger partial charge in [0.2, 0.25) is 0 Å². The van der Waals surface area contributed by atoms with Gasteiger partial charge in [-0.05, 0) is 50.4 Å². The number of aryl methyl sites for hydroxylation is 1. The molecular weight excluding hydrogens is 220 g/mol. The van der Waals surface area contributed by atoms with E-state index in [0.29, 0.717) is 5.92 Å². The van der Waals surface area contributed by atoms with E-state index < -0.39 is 0 Å². The molecule has 2 nitrogen and oxygen atoms in total. The van der Waals surface area contributed by atoms with Gasteiger partial charge in [-0.1, -0.05) is 32.0 Å². The molecule has 0 unspecified atom stereocenters. The Hall–Kier alpha value is -0.860. The summed E-state index contributed by atoms with van der Waals surface area (Å²) < 4.78 is 0. The second-order valence-corrected chi connectivity index (χ2v) is 6.50. The van der Waals surface area contributed by atoms with Crippen LogP contribution in [0.1, 0.15) is 50.3 Å². The van der Waals surface area contributed by atoms with Crippen molar-refractivity contribution in [2.45, 2.75) is 52.6 Å². The molecule has 18 heavy (non-hydrogen) atoms. The summed E-state index contributed by atoms with van der Waals surface area (Å²) in [5.74, 6) is 0.584. The molecule has 0 radical (unpaired) electrons. The number of hydrogen-bond acceptors (Lipinski definition) is 2. The van der Waals surface area contributed by atoms with Crippen molar-refractivity contribution >= 4 is 0 Å². The molecular formula is C16H28N2. The standard InChI is InChI=1S/C16H28N2/c1-12(2)14-8-7-13(3)15(9-14)10-18(6)11-16(4,5)17/h7-9,12H,10-11,17H2,1-6H3. The van der Waals surface area contributed by atoms with E-state index in [9.17, 15) is 0 Å². The largest absolute Gasteiger partial charge is 0.324 e. The second kappa shape index (κ2) is 5.85. The van der Waals surface area contributed by atoms with Crippen molar-refractivity contribution in [1.29, 1.82) is 0 Å². The molecule has 0 aliphatic heterocycles. The molecule has 0 saturated carbocycles. The van der Waals surface area contributed by atoms with E-state index >= 15 is 0 Å². The highest BCUT2D eigenvalue weighted by Gasteiger charge is 2.14. The average Bonchev–Trinajstić information content (AvgIpc) is 2.18. The van der Waals surface area contributed by atoms with Gasteiger partial charge in [-0.2, -0.15) is 0 Å². The summed E-state index contributed by atoms with van der Waals surface area (Å²) in [6, 6.07) is 6.79. The Kier molecular flexibility index (Phi) is 4.94. The molecule has 0 bridgehead atoms. The summed E-state index contributed by atoms with van der Waals surface area (Å²) in [6.07, 6.45) is 0. The maximum Gasteiger partial charge on any atom is 0.0234 e. The highest BCUT2D eigenvalue weighted by atomic mass is 15.1. The average molecular weight is 248 g/mol. The number of benzene rings is 1. The van der Waals surface area contributed by atoms with E-state index in [1.807, 2.05) is 0 Å². The molecule has 0 heterocycles. The summed E-state index contributed by atoms with van der Waals surface area (Å²) in [7, 11) is 2.14. The van der Waals surface area contributed by atoms with Gasteiger partial charge in [-0.3, -0.25) is 0 Å². The zero-order valence-electron chi connectivity index (χ0n) is 12.7. The predicted molar refractivity (Wildman–Crippen MR) is 79.9 cm³/mol. The first-order valence-electron chi connectivity index (χ1n) is 6.76. The molecule has 102 valence electrons. The zero-order chi connectivity index (χ0) is 13.9. The van der Waals surface area contributed by atoms with Crippen LogP contribution in [-0.2, 0) is 6.54 Å². The Morgan fingerprint density at radius 1 is 1.28 bits per heavy atom. The fourth-order valence-corrected chi connectivity index (χ4v) is 2.26. The molecule has 0 spiro atoms. The lowest BCUT2D eigenvalue weighted by molar-refractivity contribution is 0.263. The Labute approximate surface area is 112 Å². The molecule has 0 aromatic heterocycles. The molecule has 0 aliphatic carbocycles.